The molecule has 18 heavy (non-hydrogen) atoms. The minimum Gasteiger partial charge on any atom is -0.351 e. The van der Waals surface area contributed by atoms with E-state index in [-0.39, 0.29) is 0 Å². The molecule has 0 saturated carbocycles. The average molecular weight is 263 g/mol. The zero-order chi connectivity index (χ0) is 13.1. The molecule has 0 bridgehead atoms. The highest BCUT2D eigenvalue weighted by molar-refractivity contribution is 7.12. The van der Waals surface area contributed by atoms with E-state index >= 15 is 0 Å². The lowest BCUT2D eigenvalue weighted by Gasteiger charge is -2.11. The molecule has 98 valence electrons. The number of nitrogens with one attached hydrogen (secondary N) is 1. The molecule has 2 aromatic rings. The number of hydrogen-bond donors (Lipinski definition) is 1. The van der Waals surface area contributed by atoms with Crippen LogP contribution in [0.2, 0.25) is 0 Å². The molecule has 2 aromatic heterocycles. The van der Waals surface area contributed by atoms with Crippen LogP contribution in [0.4, 0.5) is 5.95 Å². The zero-order valence-corrected chi connectivity index (χ0v) is 12.3. The molecule has 1 N–H and O–H groups in total. The molecular weight excluding hydrogens is 242 g/mol. The van der Waals surface area contributed by atoms with Crippen LogP contribution in [0, 0.1) is 19.8 Å². The fraction of sp³-hybridized carbons (Fsp3) is 0.500. The predicted octanol–water partition coefficient (Wildman–Crippen LogP) is 3.83. The van der Waals surface area contributed by atoms with Gasteiger partial charge < -0.3 is 9.88 Å². The van der Waals surface area contributed by atoms with Crippen LogP contribution >= 0.6 is 11.3 Å². The van der Waals surface area contributed by atoms with Crippen LogP contribution in [0.25, 0.3) is 0 Å². The van der Waals surface area contributed by atoms with Crippen LogP contribution in [0.3, 0.4) is 0 Å². The Balaban J connectivity index is 1.99. The Morgan fingerprint density at radius 3 is 2.78 bits per heavy atom. The molecule has 0 aromatic carbocycles. The highest BCUT2D eigenvalue weighted by Crippen LogP contribution is 2.21. The van der Waals surface area contributed by atoms with Crippen molar-refractivity contribution in [2.75, 3.05) is 5.32 Å². The van der Waals surface area contributed by atoms with Gasteiger partial charge in [-0.1, -0.05) is 13.8 Å². The molecule has 0 aliphatic heterocycles. The SMILES string of the molecule is Cc1cc(CNc2nccn2CC(C)C)sc1C. The third-order valence-electron chi connectivity index (χ3n) is 2.92. The summed E-state index contributed by atoms with van der Waals surface area (Å²) >= 11 is 1.86. The molecule has 2 heterocycles. The molecular formula is C14H21N3S. The van der Waals surface area contributed by atoms with E-state index < -0.39 is 0 Å². The molecule has 0 fully saturated rings. The lowest BCUT2D eigenvalue weighted by Crippen LogP contribution is -2.09. The lowest BCUT2D eigenvalue weighted by atomic mass is 10.2. The number of aromatic nitrogens is 2. The summed E-state index contributed by atoms with van der Waals surface area (Å²) in [6.45, 7) is 10.6. The van der Waals surface area contributed by atoms with Crippen LogP contribution in [0.1, 0.15) is 29.2 Å². The van der Waals surface area contributed by atoms with Gasteiger partial charge in [0.15, 0.2) is 0 Å². The van der Waals surface area contributed by atoms with Crippen molar-refractivity contribution >= 4 is 17.3 Å². The van der Waals surface area contributed by atoms with E-state index in [1.54, 1.807) is 0 Å². The molecule has 0 amide bonds. The number of hydrogen-bond acceptors (Lipinski definition) is 3. The molecule has 0 aliphatic carbocycles. The largest absolute Gasteiger partial charge is 0.351 e. The van der Waals surface area contributed by atoms with Crippen molar-refractivity contribution in [3.8, 4) is 0 Å². The van der Waals surface area contributed by atoms with Crippen molar-refractivity contribution in [2.45, 2.75) is 40.8 Å². The minimum absolute atomic E-state index is 0.631. The topological polar surface area (TPSA) is 29.9 Å². The number of rotatable bonds is 5. The van der Waals surface area contributed by atoms with Crippen LogP contribution < -0.4 is 5.32 Å². The Kier molecular flexibility index (Phi) is 4.07. The second-order valence-electron chi connectivity index (χ2n) is 5.10. The molecule has 0 atom stereocenters. The second-order valence-corrected chi connectivity index (χ2v) is 6.44. The van der Waals surface area contributed by atoms with Gasteiger partial charge in [-0.25, -0.2) is 4.98 Å². The van der Waals surface area contributed by atoms with Gasteiger partial charge in [-0.05, 0) is 31.4 Å². The van der Waals surface area contributed by atoms with Gasteiger partial charge in [0.05, 0.1) is 6.54 Å². The lowest BCUT2D eigenvalue weighted by molar-refractivity contribution is 0.526. The Morgan fingerprint density at radius 1 is 1.39 bits per heavy atom. The third kappa shape index (κ3) is 3.13. The second kappa shape index (κ2) is 5.57. The molecule has 0 spiro atoms. The fourth-order valence-electron chi connectivity index (χ4n) is 1.92. The van der Waals surface area contributed by atoms with E-state index in [4.69, 9.17) is 0 Å². The maximum Gasteiger partial charge on any atom is 0.203 e. The summed E-state index contributed by atoms with van der Waals surface area (Å²) in [5, 5.41) is 3.42. The number of aryl methyl sites for hydroxylation is 2. The van der Waals surface area contributed by atoms with Gasteiger partial charge in [0, 0.05) is 28.7 Å². The van der Waals surface area contributed by atoms with Crippen molar-refractivity contribution in [3.63, 3.8) is 0 Å². The monoisotopic (exact) mass is 263 g/mol. The Hall–Kier alpha value is -1.29. The molecule has 3 nitrogen and oxygen atoms in total. The number of anilines is 1. The van der Waals surface area contributed by atoms with Gasteiger partial charge in [-0.15, -0.1) is 11.3 Å². The Labute approximate surface area is 113 Å². The van der Waals surface area contributed by atoms with E-state index in [2.05, 4.69) is 48.6 Å². The smallest absolute Gasteiger partial charge is 0.203 e. The molecule has 0 saturated heterocycles. The van der Waals surface area contributed by atoms with Crippen LogP contribution in [0.15, 0.2) is 18.5 Å². The maximum atomic E-state index is 4.37. The minimum atomic E-state index is 0.631. The normalized spacial score (nSPS) is 11.2. The Bertz CT molecular complexity index is 491. The zero-order valence-electron chi connectivity index (χ0n) is 11.5. The van der Waals surface area contributed by atoms with Gasteiger partial charge in [0.1, 0.15) is 0 Å². The fourth-order valence-corrected chi connectivity index (χ4v) is 2.91. The predicted molar refractivity (Wildman–Crippen MR) is 78.2 cm³/mol. The van der Waals surface area contributed by atoms with Crippen molar-refractivity contribution in [2.24, 2.45) is 5.92 Å². The molecule has 2 rings (SSSR count). The molecule has 0 aliphatic rings. The van der Waals surface area contributed by atoms with Crippen molar-refractivity contribution in [3.05, 3.63) is 33.8 Å². The summed E-state index contributed by atoms with van der Waals surface area (Å²) in [4.78, 5) is 7.14. The van der Waals surface area contributed by atoms with Gasteiger partial charge >= 0.3 is 0 Å². The van der Waals surface area contributed by atoms with E-state index in [1.165, 1.54) is 15.3 Å². The standard InChI is InChI=1S/C14H21N3S/c1-10(2)9-17-6-5-15-14(17)16-8-13-7-11(3)12(4)18-13/h5-7,10H,8-9H2,1-4H3,(H,15,16). The Morgan fingerprint density at radius 2 is 2.17 bits per heavy atom. The first-order valence-electron chi connectivity index (χ1n) is 6.37. The summed E-state index contributed by atoms with van der Waals surface area (Å²) in [7, 11) is 0. The van der Waals surface area contributed by atoms with Gasteiger partial charge in [-0.2, -0.15) is 0 Å². The summed E-state index contributed by atoms with van der Waals surface area (Å²) in [5.74, 6) is 1.60. The van der Waals surface area contributed by atoms with Crippen molar-refractivity contribution in [1.82, 2.24) is 9.55 Å². The van der Waals surface area contributed by atoms with Crippen LogP contribution in [0.5, 0.6) is 0 Å². The van der Waals surface area contributed by atoms with Gasteiger partial charge in [0.25, 0.3) is 0 Å². The van der Waals surface area contributed by atoms with E-state index in [9.17, 15) is 0 Å². The number of imidazole rings is 1. The van der Waals surface area contributed by atoms with E-state index in [1.807, 2.05) is 23.7 Å². The van der Waals surface area contributed by atoms with Crippen molar-refractivity contribution in [1.29, 1.82) is 0 Å². The molecule has 0 unspecified atom stereocenters. The summed E-state index contributed by atoms with van der Waals surface area (Å²) < 4.78 is 2.18. The van der Waals surface area contributed by atoms with Crippen molar-refractivity contribution < 1.29 is 0 Å². The quantitative estimate of drug-likeness (QED) is 0.888. The number of nitrogens with zero attached hydrogens (tertiary/aromatic N) is 2. The maximum absolute atomic E-state index is 4.37. The van der Waals surface area contributed by atoms with Crippen LogP contribution in [-0.2, 0) is 13.1 Å². The van der Waals surface area contributed by atoms with E-state index in [0.717, 1.165) is 19.0 Å². The van der Waals surface area contributed by atoms with Gasteiger partial charge in [0.2, 0.25) is 5.95 Å². The molecule has 0 radical (unpaired) electrons. The first-order valence-corrected chi connectivity index (χ1v) is 7.19. The first-order chi connectivity index (χ1) is 8.56. The average Bonchev–Trinajstić information content (AvgIpc) is 2.83. The highest BCUT2D eigenvalue weighted by Gasteiger charge is 2.06. The van der Waals surface area contributed by atoms with Crippen LogP contribution in [-0.4, -0.2) is 9.55 Å². The van der Waals surface area contributed by atoms with Gasteiger partial charge in [-0.3, -0.25) is 0 Å². The summed E-state index contributed by atoms with van der Waals surface area (Å²) in [6, 6.07) is 2.25. The van der Waals surface area contributed by atoms with E-state index in [0.29, 0.717) is 5.92 Å². The first kappa shape index (κ1) is 13.1. The highest BCUT2D eigenvalue weighted by atomic mass is 32.1. The third-order valence-corrected chi connectivity index (χ3v) is 4.07. The summed E-state index contributed by atoms with van der Waals surface area (Å²) in [6.07, 6.45) is 3.89. The summed E-state index contributed by atoms with van der Waals surface area (Å²) in [5.41, 5.74) is 1.38. The number of thiophene rings is 1. The molecule has 4 heteroatoms.